The van der Waals surface area contributed by atoms with Gasteiger partial charge in [0.15, 0.2) is 6.29 Å². The Kier molecular flexibility index (Phi) is 5.87. The summed E-state index contributed by atoms with van der Waals surface area (Å²) < 4.78 is 22.3. The highest BCUT2D eigenvalue weighted by molar-refractivity contribution is 5.99. The van der Waals surface area contributed by atoms with Crippen molar-refractivity contribution in [2.75, 3.05) is 13.2 Å². The van der Waals surface area contributed by atoms with E-state index < -0.39 is 6.29 Å². The molecule has 0 spiro atoms. The number of nitrogens with one attached hydrogen (secondary N) is 1. The van der Waals surface area contributed by atoms with Gasteiger partial charge in [0.2, 0.25) is 0 Å². The zero-order valence-electron chi connectivity index (χ0n) is 20.0. The maximum atomic E-state index is 14.3. The first kappa shape index (κ1) is 22.7. The van der Waals surface area contributed by atoms with Crippen molar-refractivity contribution in [3.8, 4) is 5.69 Å². The first-order valence-corrected chi connectivity index (χ1v) is 12.7. The normalized spacial score (nSPS) is 22.0. The molecule has 6 nitrogen and oxygen atoms in total. The van der Waals surface area contributed by atoms with E-state index in [4.69, 9.17) is 4.74 Å². The Hall–Kier alpha value is -2.74. The van der Waals surface area contributed by atoms with Gasteiger partial charge in [0.1, 0.15) is 5.82 Å². The molecule has 1 saturated heterocycles. The van der Waals surface area contributed by atoms with Crippen LogP contribution in [0.4, 0.5) is 4.39 Å². The molecular weight excluding hydrogens is 445 g/mol. The average Bonchev–Trinajstić information content (AvgIpc) is 3.46. The van der Waals surface area contributed by atoms with Gasteiger partial charge in [-0.15, -0.1) is 0 Å². The minimum Gasteiger partial charge on any atom is -0.381 e. The molecule has 0 bridgehead atoms. The van der Waals surface area contributed by atoms with E-state index in [0.717, 1.165) is 73.8 Å². The number of H-pyrrole nitrogens is 1. The van der Waals surface area contributed by atoms with Crippen molar-refractivity contribution in [2.45, 2.75) is 63.6 Å². The highest BCUT2D eigenvalue weighted by atomic mass is 19.1. The quantitative estimate of drug-likeness (QED) is 0.342. The van der Waals surface area contributed by atoms with Crippen molar-refractivity contribution in [2.24, 2.45) is 5.92 Å². The fraction of sp³-hybridized carbons (Fsp3) is 0.464. The third-order valence-electron chi connectivity index (χ3n) is 8.21. The molecule has 3 N–H and O–H groups in total. The van der Waals surface area contributed by atoms with Crippen LogP contribution >= 0.6 is 0 Å². The van der Waals surface area contributed by atoms with Crippen LogP contribution in [0, 0.1) is 18.7 Å². The zero-order valence-corrected chi connectivity index (χ0v) is 20.0. The van der Waals surface area contributed by atoms with Crippen LogP contribution in [0.5, 0.6) is 0 Å². The van der Waals surface area contributed by atoms with Gasteiger partial charge < -0.3 is 19.5 Å². The molecule has 2 aromatic carbocycles. The molecule has 6 rings (SSSR count). The smallest absolute Gasteiger partial charge is 0.154 e. The summed E-state index contributed by atoms with van der Waals surface area (Å²) in [6, 6.07) is 9.80. The first-order valence-electron chi connectivity index (χ1n) is 12.7. The lowest BCUT2D eigenvalue weighted by Gasteiger charge is -2.32. The Morgan fingerprint density at radius 3 is 2.51 bits per heavy atom. The fourth-order valence-corrected chi connectivity index (χ4v) is 6.32. The second-order valence-electron chi connectivity index (χ2n) is 10.3. The SMILES string of the molecule is Cc1cc(-n2c(C3CCOCC3)c(C3CCC(C(O)O)CC3)c3cc4[nH]ncc4cc32)ccc1F. The summed E-state index contributed by atoms with van der Waals surface area (Å²) in [6.45, 7) is 3.29. The molecule has 35 heavy (non-hydrogen) atoms. The Morgan fingerprint density at radius 2 is 1.80 bits per heavy atom. The van der Waals surface area contributed by atoms with E-state index in [-0.39, 0.29) is 11.7 Å². The van der Waals surface area contributed by atoms with Gasteiger partial charge in [-0.2, -0.15) is 5.10 Å². The molecule has 0 radical (unpaired) electrons. The number of aryl methyl sites for hydroxylation is 1. The van der Waals surface area contributed by atoms with Gasteiger partial charge in [-0.3, -0.25) is 5.10 Å². The van der Waals surface area contributed by atoms with E-state index in [2.05, 4.69) is 26.9 Å². The summed E-state index contributed by atoms with van der Waals surface area (Å²) in [5, 5.41) is 29.2. The molecule has 7 heteroatoms. The summed E-state index contributed by atoms with van der Waals surface area (Å²) in [5.74, 6) is 0.406. The van der Waals surface area contributed by atoms with Crippen LogP contribution in [-0.4, -0.2) is 44.5 Å². The van der Waals surface area contributed by atoms with E-state index in [0.29, 0.717) is 17.4 Å². The van der Waals surface area contributed by atoms with E-state index in [1.807, 2.05) is 25.3 Å². The summed E-state index contributed by atoms with van der Waals surface area (Å²) in [5.41, 5.74) is 6.39. The van der Waals surface area contributed by atoms with Crippen molar-refractivity contribution in [1.29, 1.82) is 0 Å². The number of aliphatic hydroxyl groups excluding tert-OH is 1. The van der Waals surface area contributed by atoms with Gasteiger partial charge in [-0.05, 0) is 92.8 Å². The number of rotatable bonds is 4. The number of aromatic nitrogens is 3. The Balaban J connectivity index is 1.61. The predicted octanol–water partition coefficient (Wildman–Crippen LogP) is 5.43. The van der Waals surface area contributed by atoms with E-state index in [9.17, 15) is 14.6 Å². The molecule has 184 valence electrons. The van der Waals surface area contributed by atoms with E-state index >= 15 is 0 Å². The average molecular weight is 478 g/mol. The summed E-state index contributed by atoms with van der Waals surface area (Å²) in [6.07, 6.45) is 5.93. The van der Waals surface area contributed by atoms with Crippen molar-refractivity contribution >= 4 is 21.8 Å². The van der Waals surface area contributed by atoms with Crippen LogP contribution in [-0.2, 0) is 4.74 Å². The maximum Gasteiger partial charge on any atom is 0.154 e. The molecule has 2 fully saturated rings. The van der Waals surface area contributed by atoms with Gasteiger partial charge >= 0.3 is 0 Å². The van der Waals surface area contributed by atoms with Gasteiger partial charge in [-0.25, -0.2) is 4.39 Å². The highest BCUT2D eigenvalue weighted by Gasteiger charge is 2.34. The van der Waals surface area contributed by atoms with Gasteiger partial charge in [-0.1, -0.05) is 0 Å². The third-order valence-corrected chi connectivity index (χ3v) is 8.21. The number of aromatic amines is 1. The molecule has 0 amide bonds. The van der Waals surface area contributed by atoms with Crippen molar-refractivity contribution in [1.82, 2.24) is 14.8 Å². The van der Waals surface area contributed by atoms with Gasteiger partial charge in [0, 0.05) is 47.2 Å². The molecule has 1 saturated carbocycles. The number of hydrogen-bond donors (Lipinski definition) is 3. The molecule has 1 aliphatic carbocycles. The molecular formula is C28H32FN3O3. The number of halogens is 1. The van der Waals surface area contributed by atoms with Crippen LogP contribution in [0.3, 0.4) is 0 Å². The molecule has 0 atom stereocenters. The summed E-state index contributed by atoms with van der Waals surface area (Å²) in [7, 11) is 0. The summed E-state index contributed by atoms with van der Waals surface area (Å²) >= 11 is 0. The maximum absolute atomic E-state index is 14.3. The minimum atomic E-state index is -1.25. The Labute approximate surface area is 203 Å². The van der Waals surface area contributed by atoms with Crippen molar-refractivity contribution in [3.63, 3.8) is 0 Å². The van der Waals surface area contributed by atoms with Crippen LogP contribution in [0.2, 0.25) is 0 Å². The lowest BCUT2D eigenvalue weighted by molar-refractivity contribution is -0.0937. The van der Waals surface area contributed by atoms with Crippen LogP contribution in [0.15, 0.2) is 36.5 Å². The number of hydrogen-bond acceptors (Lipinski definition) is 4. The van der Waals surface area contributed by atoms with Gasteiger partial charge in [0.05, 0.1) is 17.2 Å². The van der Waals surface area contributed by atoms with Crippen molar-refractivity contribution < 1.29 is 19.3 Å². The van der Waals surface area contributed by atoms with E-state index in [1.165, 1.54) is 16.6 Å². The molecule has 1 aliphatic heterocycles. The third kappa shape index (κ3) is 3.96. The topological polar surface area (TPSA) is 83.3 Å². The predicted molar refractivity (Wildman–Crippen MR) is 133 cm³/mol. The van der Waals surface area contributed by atoms with Crippen LogP contribution in [0.1, 0.15) is 67.2 Å². The van der Waals surface area contributed by atoms with Crippen LogP contribution in [0.25, 0.3) is 27.5 Å². The number of ether oxygens (including phenoxy) is 1. The Bertz CT molecular complexity index is 1360. The number of aliphatic hydroxyl groups is 2. The van der Waals surface area contributed by atoms with Gasteiger partial charge in [0.25, 0.3) is 0 Å². The Morgan fingerprint density at radius 1 is 1.03 bits per heavy atom. The van der Waals surface area contributed by atoms with Crippen LogP contribution < -0.4 is 0 Å². The molecule has 2 aliphatic rings. The minimum absolute atomic E-state index is 0.0646. The van der Waals surface area contributed by atoms with Crippen molar-refractivity contribution in [3.05, 3.63) is 59.2 Å². The fourth-order valence-electron chi connectivity index (χ4n) is 6.32. The lowest BCUT2D eigenvalue weighted by Crippen LogP contribution is -2.25. The highest BCUT2D eigenvalue weighted by Crippen LogP contribution is 2.47. The second-order valence-corrected chi connectivity index (χ2v) is 10.3. The lowest BCUT2D eigenvalue weighted by atomic mass is 9.76. The number of fused-ring (bicyclic) bond motifs is 2. The summed E-state index contributed by atoms with van der Waals surface area (Å²) in [4.78, 5) is 0. The molecule has 3 heterocycles. The zero-order chi connectivity index (χ0) is 24.1. The first-order chi connectivity index (χ1) is 17.0. The monoisotopic (exact) mass is 477 g/mol. The largest absolute Gasteiger partial charge is 0.381 e. The number of nitrogens with zero attached hydrogens (tertiary/aromatic N) is 2. The standard InChI is InChI=1S/C28H32FN3O3/c1-16-12-21(6-7-23(16)29)32-25-13-20-15-30-31-24(20)14-22(25)26(27(32)18-8-10-35-11-9-18)17-2-4-19(5-3-17)28(33)34/h6-7,12-15,17-19,28,33-34H,2-5,8-11H2,1H3,(H,30,31). The number of benzene rings is 2. The van der Waals surface area contributed by atoms with E-state index in [1.54, 1.807) is 6.07 Å². The second kappa shape index (κ2) is 9.04. The molecule has 0 unspecified atom stereocenters. The molecule has 4 aromatic rings. The molecule has 2 aromatic heterocycles.